The smallest absolute Gasteiger partial charge is 0.353 e. The number of morpholine rings is 1. The van der Waals surface area contributed by atoms with E-state index < -0.39 is 4.92 Å². The van der Waals surface area contributed by atoms with E-state index in [1.165, 1.54) is 6.33 Å². The van der Waals surface area contributed by atoms with Crippen LogP contribution in [-0.2, 0) is 4.74 Å². The molecule has 1 saturated heterocycles. The standard InChI is InChI=1S/C14H24N6O3/c1-3-11(2)18-14-12(20(21)22)13(16-10-17-14)15-4-5-19-6-8-23-9-7-19/h10-11H,3-9H2,1-2H3,(H2,15,16,17,18). The Kier molecular flexibility index (Phi) is 6.48. The molecule has 9 nitrogen and oxygen atoms in total. The van der Waals surface area contributed by atoms with Crippen molar-refractivity contribution in [2.24, 2.45) is 0 Å². The minimum Gasteiger partial charge on any atom is -0.379 e. The highest BCUT2D eigenvalue weighted by molar-refractivity contribution is 5.69. The summed E-state index contributed by atoms with van der Waals surface area (Å²) in [5.41, 5.74) is -0.102. The summed E-state index contributed by atoms with van der Waals surface area (Å²) < 4.78 is 5.30. The van der Waals surface area contributed by atoms with Crippen LogP contribution in [0, 0.1) is 10.1 Å². The molecule has 23 heavy (non-hydrogen) atoms. The van der Waals surface area contributed by atoms with E-state index in [9.17, 15) is 10.1 Å². The normalized spacial score (nSPS) is 16.8. The van der Waals surface area contributed by atoms with Gasteiger partial charge in [-0.15, -0.1) is 0 Å². The summed E-state index contributed by atoms with van der Waals surface area (Å²) in [6.45, 7) is 8.57. The number of anilines is 2. The molecular formula is C14H24N6O3. The first-order chi connectivity index (χ1) is 11.1. The topological polar surface area (TPSA) is 105 Å². The van der Waals surface area contributed by atoms with Crippen LogP contribution in [0.25, 0.3) is 0 Å². The molecule has 0 aromatic carbocycles. The van der Waals surface area contributed by atoms with Crippen molar-refractivity contribution in [3.8, 4) is 0 Å². The van der Waals surface area contributed by atoms with Crippen LogP contribution in [0.5, 0.6) is 0 Å². The molecule has 2 rings (SSSR count). The van der Waals surface area contributed by atoms with Crippen molar-refractivity contribution >= 4 is 17.3 Å². The van der Waals surface area contributed by atoms with Crippen molar-refractivity contribution in [3.63, 3.8) is 0 Å². The van der Waals surface area contributed by atoms with Gasteiger partial charge in [-0.3, -0.25) is 15.0 Å². The highest BCUT2D eigenvalue weighted by Gasteiger charge is 2.23. The first-order valence-electron chi connectivity index (χ1n) is 7.91. The average Bonchev–Trinajstić information content (AvgIpc) is 2.55. The molecule has 9 heteroatoms. The number of hydrogen-bond donors (Lipinski definition) is 2. The lowest BCUT2D eigenvalue weighted by Crippen LogP contribution is -2.39. The van der Waals surface area contributed by atoms with Gasteiger partial charge in [0.1, 0.15) is 6.33 Å². The molecule has 1 atom stereocenters. The van der Waals surface area contributed by atoms with Gasteiger partial charge >= 0.3 is 5.69 Å². The van der Waals surface area contributed by atoms with Gasteiger partial charge in [0, 0.05) is 32.2 Å². The molecule has 0 aliphatic carbocycles. The maximum absolute atomic E-state index is 11.4. The fourth-order valence-electron chi connectivity index (χ4n) is 2.28. The molecule has 0 radical (unpaired) electrons. The molecule has 2 N–H and O–H groups in total. The Labute approximate surface area is 135 Å². The number of nitro groups is 1. The lowest BCUT2D eigenvalue weighted by Gasteiger charge is -2.26. The Bertz CT molecular complexity index is 521. The van der Waals surface area contributed by atoms with Crippen LogP contribution in [0.3, 0.4) is 0 Å². The van der Waals surface area contributed by atoms with E-state index in [0.29, 0.717) is 6.54 Å². The number of ether oxygens (including phenoxy) is 1. The van der Waals surface area contributed by atoms with Crippen LogP contribution in [0.4, 0.5) is 17.3 Å². The van der Waals surface area contributed by atoms with Crippen molar-refractivity contribution in [3.05, 3.63) is 16.4 Å². The van der Waals surface area contributed by atoms with Crippen LogP contribution >= 0.6 is 0 Å². The number of rotatable bonds is 8. The van der Waals surface area contributed by atoms with Gasteiger partial charge in [0.25, 0.3) is 0 Å². The Morgan fingerprint density at radius 2 is 2.09 bits per heavy atom. The Balaban J connectivity index is 2.01. The molecule has 2 heterocycles. The highest BCUT2D eigenvalue weighted by atomic mass is 16.6. The van der Waals surface area contributed by atoms with Crippen LogP contribution in [0.2, 0.25) is 0 Å². The van der Waals surface area contributed by atoms with Gasteiger partial charge in [0.15, 0.2) is 0 Å². The molecule has 0 bridgehead atoms. The predicted molar refractivity (Wildman–Crippen MR) is 87.8 cm³/mol. The van der Waals surface area contributed by atoms with Crippen molar-refractivity contribution in [2.75, 3.05) is 50.0 Å². The monoisotopic (exact) mass is 324 g/mol. The first-order valence-corrected chi connectivity index (χ1v) is 7.91. The fraction of sp³-hybridized carbons (Fsp3) is 0.714. The van der Waals surface area contributed by atoms with E-state index in [4.69, 9.17) is 4.74 Å². The van der Waals surface area contributed by atoms with Crippen molar-refractivity contribution in [1.29, 1.82) is 0 Å². The van der Waals surface area contributed by atoms with Crippen molar-refractivity contribution < 1.29 is 9.66 Å². The molecule has 0 saturated carbocycles. The summed E-state index contributed by atoms with van der Waals surface area (Å²) in [5, 5.41) is 17.5. The van der Waals surface area contributed by atoms with E-state index in [2.05, 4.69) is 25.5 Å². The van der Waals surface area contributed by atoms with E-state index in [-0.39, 0.29) is 23.4 Å². The minimum atomic E-state index is -0.443. The second-order valence-electron chi connectivity index (χ2n) is 5.51. The minimum absolute atomic E-state index is 0.102. The quantitative estimate of drug-likeness (QED) is 0.545. The molecule has 1 fully saturated rings. The maximum Gasteiger partial charge on any atom is 0.353 e. The Hall–Kier alpha value is -2.00. The molecule has 0 spiro atoms. The molecular weight excluding hydrogens is 300 g/mol. The van der Waals surface area contributed by atoms with Crippen molar-refractivity contribution in [1.82, 2.24) is 14.9 Å². The third kappa shape index (κ3) is 5.00. The number of nitrogens with one attached hydrogen (secondary N) is 2. The lowest BCUT2D eigenvalue weighted by atomic mass is 10.2. The second kappa shape index (κ2) is 8.59. The van der Waals surface area contributed by atoms with Gasteiger partial charge in [-0.2, -0.15) is 0 Å². The van der Waals surface area contributed by atoms with Crippen LogP contribution in [0.15, 0.2) is 6.33 Å². The molecule has 0 amide bonds. The SMILES string of the molecule is CCC(C)Nc1ncnc(NCCN2CCOCC2)c1[N+](=O)[O-]. The zero-order valence-corrected chi connectivity index (χ0v) is 13.6. The maximum atomic E-state index is 11.4. The molecule has 1 aliphatic heterocycles. The number of hydrogen-bond acceptors (Lipinski definition) is 8. The largest absolute Gasteiger partial charge is 0.379 e. The van der Waals surface area contributed by atoms with Gasteiger partial charge in [-0.1, -0.05) is 6.92 Å². The third-order valence-electron chi connectivity index (χ3n) is 3.82. The van der Waals surface area contributed by atoms with Crippen LogP contribution in [-0.4, -0.2) is 65.2 Å². The Morgan fingerprint density at radius 3 is 2.74 bits per heavy atom. The zero-order chi connectivity index (χ0) is 16.7. The first kappa shape index (κ1) is 17.4. The predicted octanol–water partition coefficient (Wildman–Crippen LogP) is 1.34. The highest BCUT2D eigenvalue weighted by Crippen LogP contribution is 2.29. The zero-order valence-electron chi connectivity index (χ0n) is 13.6. The summed E-state index contributed by atoms with van der Waals surface area (Å²) in [7, 11) is 0. The second-order valence-corrected chi connectivity index (χ2v) is 5.51. The van der Waals surface area contributed by atoms with Gasteiger partial charge in [-0.25, -0.2) is 9.97 Å². The lowest BCUT2D eigenvalue weighted by molar-refractivity contribution is -0.383. The van der Waals surface area contributed by atoms with Gasteiger partial charge in [0.05, 0.1) is 18.1 Å². The van der Waals surface area contributed by atoms with Gasteiger partial charge < -0.3 is 15.4 Å². The Morgan fingerprint density at radius 1 is 1.39 bits per heavy atom. The van der Waals surface area contributed by atoms with Crippen LogP contribution in [0.1, 0.15) is 20.3 Å². The fourth-order valence-corrected chi connectivity index (χ4v) is 2.28. The molecule has 1 aliphatic rings. The van der Waals surface area contributed by atoms with Gasteiger partial charge in [0.2, 0.25) is 11.6 Å². The molecule has 1 aromatic heterocycles. The average molecular weight is 324 g/mol. The third-order valence-corrected chi connectivity index (χ3v) is 3.82. The summed E-state index contributed by atoms with van der Waals surface area (Å²) in [4.78, 5) is 21.2. The van der Waals surface area contributed by atoms with Crippen LogP contribution < -0.4 is 10.6 Å². The summed E-state index contributed by atoms with van der Waals surface area (Å²) in [6, 6.07) is 0.102. The molecule has 128 valence electrons. The van der Waals surface area contributed by atoms with E-state index in [0.717, 1.165) is 39.3 Å². The summed E-state index contributed by atoms with van der Waals surface area (Å²) in [5.74, 6) is 0.511. The van der Waals surface area contributed by atoms with Crippen molar-refractivity contribution in [2.45, 2.75) is 26.3 Å². The van der Waals surface area contributed by atoms with E-state index in [1.807, 2.05) is 13.8 Å². The summed E-state index contributed by atoms with van der Waals surface area (Å²) in [6.07, 6.45) is 2.19. The van der Waals surface area contributed by atoms with E-state index >= 15 is 0 Å². The van der Waals surface area contributed by atoms with E-state index in [1.54, 1.807) is 0 Å². The summed E-state index contributed by atoms with van der Waals surface area (Å²) >= 11 is 0. The molecule has 1 aromatic rings. The number of aromatic nitrogens is 2. The number of nitrogens with zero attached hydrogens (tertiary/aromatic N) is 4. The van der Waals surface area contributed by atoms with Gasteiger partial charge in [-0.05, 0) is 13.3 Å². The molecule has 1 unspecified atom stereocenters.